The van der Waals surface area contributed by atoms with Gasteiger partial charge in [0.15, 0.2) is 5.78 Å². The molecule has 28 heavy (non-hydrogen) atoms. The van der Waals surface area contributed by atoms with Crippen molar-refractivity contribution in [3.63, 3.8) is 0 Å². The number of allylic oxidation sites excluding steroid dienone is 2. The first kappa shape index (κ1) is 19.7. The van der Waals surface area contributed by atoms with Gasteiger partial charge in [-0.25, -0.2) is 0 Å². The predicted molar refractivity (Wildman–Crippen MR) is 98.9 cm³/mol. The normalized spacial score (nSPS) is 23.7. The summed E-state index contributed by atoms with van der Waals surface area (Å²) in [5.41, 5.74) is 1.06. The molecule has 8 nitrogen and oxygen atoms in total. The minimum Gasteiger partial charge on any atom is -0.868 e. The molecule has 1 aromatic carbocycles. The van der Waals surface area contributed by atoms with Gasteiger partial charge in [0, 0.05) is 35.4 Å². The monoisotopic (exact) mass is 385 g/mol. The Morgan fingerprint density at radius 2 is 2.00 bits per heavy atom. The number of rotatable bonds is 3. The summed E-state index contributed by atoms with van der Waals surface area (Å²) in [6.07, 6.45) is 0.856. The standard InChI is InChI=1S/C20H22N2O6/c1-10-16(19(25)28-4)17(11-5-6-13(22(26)27)14(23)7-11)18-12(21-10)8-20(2,3)9-15(18)24/h5-7,16-17,23H,8-9H2,1-4H3/p-1/t16?,17-/m1/s1. The van der Waals surface area contributed by atoms with Crippen LogP contribution in [-0.4, -0.2) is 29.5 Å². The van der Waals surface area contributed by atoms with Crippen LogP contribution in [0.1, 0.15) is 45.1 Å². The highest BCUT2D eigenvalue weighted by molar-refractivity contribution is 6.09. The van der Waals surface area contributed by atoms with Crippen LogP contribution in [0.4, 0.5) is 5.69 Å². The van der Waals surface area contributed by atoms with Crippen molar-refractivity contribution in [3.05, 3.63) is 45.1 Å². The van der Waals surface area contributed by atoms with Gasteiger partial charge in [-0.1, -0.05) is 26.0 Å². The second-order valence-electron chi connectivity index (χ2n) is 8.02. The fraction of sp³-hybridized carbons (Fsp3) is 0.450. The van der Waals surface area contributed by atoms with E-state index in [-0.39, 0.29) is 11.2 Å². The zero-order chi connectivity index (χ0) is 20.8. The number of benzene rings is 1. The predicted octanol–water partition coefficient (Wildman–Crippen LogP) is 2.66. The summed E-state index contributed by atoms with van der Waals surface area (Å²) in [5, 5.41) is 23.2. The fourth-order valence-corrected chi connectivity index (χ4v) is 4.11. The van der Waals surface area contributed by atoms with Crippen LogP contribution in [0.3, 0.4) is 0 Å². The van der Waals surface area contributed by atoms with E-state index < -0.39 is 34.2 Å². The largest absolute Gasteiger partial charge is 0.868 e. The van der Waals surface area contributed by atoms with Gasteiger partial charge >= 0.3 is 5.97 Å². The Labute approximate surface area is 162 Å². The third-order valence-corrected chi connectivity index (χ3v) is 5.30. The van der Waals surface area contributed by atoms with E-state index in [4.69, 9.17) is 4.74 Å². The van der Waals surface area contributed by atoms with Crippen molar-refractivity contribution in [2.75, 3.05) is 7.11 Å². The highest BCUT2D eigenvalue weighted by Gasteiger charge is 2.45. The molecule has 0 saturated heterocycles. The summed E-state index contributed by atoms with van der Waals surface area (Å²) in [4.78, 5) is 40.3. The maximum atomic E-state index is 13.0. The van der Waals surface area contributed by atoms with Crippen LogP contribution in [0.2, 0.25) is 0 Å². The molecule has 148 valence electrons. The second kappa shape index (κ2) is 6.85. The Hall–Kier alpha value is -3.03. The number of ketones is 1. The molecule has 0 fully saturated rings. The molecule has 0 spiro atoms. The quantitative estimate of drug-likeness (QED) is 0.448. The van der Waals surface area contributed by atoms with Crippen molar-refractivity contribution >= 4 is 23.2 Å². The Morgan fingerprint density at radius 3 is 2.57 bits per heavy atom. The van der Waals surface area contributed by atoms with E-state index in [1.807, 2.05) is 13.8 Å². The van der Waals surface area contributed by atoms with Crippen LogP contribution >= 0.6 is 0 Å². The number of nitro benzene ring substituents is 1. The molecule has 3 rings (SSSR count). The van der Waals surface area contributed by atoms with Crippen LogP contribution in [0.15, 0.2) is 34.5 Å². The summed E-state index contributed by atoms with van der Waals surface area (Å²) >= 11 is 0. The van der Waals surface area contributed by atoms with E-state index in [9.17, 15) is 24.8 Å². The van der Waals surface area contributed by atoms with Gasteiger partial charge in [0.1, 0.15) is 5.92 Å². The molecule has 1 aliphatic carbocycles. The molecule has 1 unspecified atom stereocenters. The molecule has 0 N–H and O–H groups in total. The number of hydrogen-bond donors (Lipinski definition) is 0. The van der Waals surface area contributed by atoms with Crippen LogP contribution in [0.5, 0.6) is 5.75 Å². The van der Waals surface area contributed by atoms with Crippen LogP contribution in [-0.2, 0) is 14.3 Å². The van der Waals surface area contributed by atoms with Crippen molar-refractivity contribution in [2.24, 2.45) is 16.3 Å². The lowest BCUT2D eigenvalue weighted by atomic mass is 9.67. The average Bonchev–Trinajstić information content (AvgIpc) is 2.58. The van der Waals surface area contributed by atoms with E-state index >= 15 is 0 Å². The highest BCUT2D eigenvalue weighted by Crippen LogP contribution is 2.48. The molecular weight excluding hydrogens is 364 g/mol. The van der Waals surface area contributed by atoms with Gasteiger partial charge < -0.3 is 9.84 Å². The number of hydrogen-bond acceptors (Lipinski definition) is 7. The smallest absolute Gasteiger partial charge is 0.315 e. The van der Waals surface area contributed by atoms with Crippen molar-refractivity contribution in [2.45, 2.75) is 39.5 Å². The summed E-state index contributed by atoms with van der Waals surface area (Å²) in [7, 11) is 1.25. The topological polar surface area (TPSA) is 122 Å². The Morgan fingerprint density at radius 1 is 1.32 bits per heavy atom. The van der Waals surface area contributed by atoms with Crippen molar-refractivity contribution in [1.82, 2.24) is 0 Å². The first-order valence-corrected chi connectivity index (χ1v) is 8.90. The number of carbonyl (C=O) groups is 2. The Kier molecular flexibility index (Phi) is 4.82. The maximum Gasteiger partial charge on any atom is 0.315 e. The highest BCUT2D eigenvalue weighted by atomic mass is 16.6. The minimum absolute atomic E-state index is 0.132. The van der Waals surface area contributed by atoms with Gasteiger partial charge in [-0.3, -0.25) is 24.7 Å². The third-order valence-electron chi connectivity index (χ3n) is 5.30. The molecule has 1 aromatic rings. The molecule has 0 saturated carbocycles. The summed E-state index contributed by atoms with van der Waals surface area (Å²) < 4.78 is 4.92. The van der Waals surface area contributed by atoms with Gasteiger partial charge in [0.2, 0.25) is 0 Å². The van der Waals surface area contributed by atoms with Crippen LogP contribution in [0.25, 0.3) is 0 Å². The first-order valence-electron chi connectivity index (χ1n) is 8.90. The van der Waals surface area contributed by atoms with E-state index in [1.54, 1.807) is 6.92 Å². The van der Waals surface area contributed by atoms with E-state index in [0.717, 1.165) is 12.1 Å². The molecule has 0 radical (unpaired) electrons. The van der Waals surface area contributed by atoms with Gasteiger partial charge in [-0.15, -0.1) is 0 Å². The SMILES string of the molecule is COC(=O)C1C(C)=NC2=C(C(=O)CC(C)(C)C2)[C@@H]1c1ccc([N+](=O)[O-])c([O-])c1. The van der Waals surface area contributed by atoms with Crippen molar-refractivity contribution in [1.29, 1.82) is 0 Å². The number of esters is 1. The number of aliphatic imine (C=N–C) groups is 1. The molecule has 2 atom stereocenters. The Balaban J connectivity index is 2.21. The van der Waals surface area contributed by atoms with Crippen LogP contribution in [0, 0.1) is 21.4 Å². The molecule has 8 heteroatoms. The average molecular weight is 385 g/mol. The Bertz CT molecular complexity index is 944. The van der Waals surface area contributed by atoms with Crippen LogP contribution < -0.4 is 5.11 Å². The summed E-state index contributed by atoms with van der Waals surface area (Å²) in [6, 6.07) is 3.68. The molecular formula is C20H21N2O6-. The lowest BCUT2D eigenvalue weighted by Crippen LogP contribution is -2.39. The van der Waals surface area contributed by atoms with E-state index in [1.165, 1.54) is 13.2 Å². The van der Waals surface area contributed by atoms with E-state index in [0.29, 0.717) is 35.4 Å². The van der Waals surface area contributed by atoms with Crippen molar-refractivity contribution < 1.29 is 24.4 Å². The minimum atomic E-state index is -0.866. The summed E-state index contributed by atoms with van der Waals surface area (Å²) in [5.74, 6) is -3.09. The molecule has 0 amide bonds. The number of nitrogens with zero attached hydrogens (tertiary/aromatic N) is 2. The lowest BCUT2D eigenvalue weighted by molar-refractivity contribution is -0.398. The molecule has 0 bridgehead atoms. The number of Topliss-reactive ketones (excluding diaryl/α,β-unsaturated/α-hetero) is 1. The second-order valence-corrected chi connectivity index (χ2v) is 8.02. The number of nitro groups is 1. The fourth-order valence-electron chi connectivity index (χ4n) is 4.11. The summed E-state index contributed by atoms with van der Waals surface area (Å²) in [6.45, 7) is 5.64. The van der Waals surface area contributed by atoms with Crippen molar-refractivity contribution in [3.8, 4) is 5.75 Å². The molecule has 2 aliphatic rings. The zero-order valence-corrected chi connectivity index (χ0v) is 16.1. The molecule has 1 aliphatic heterocycles. The number of ether oxygens (including phenoxy) is 1. The molecule has 0 aromatic heterocycles. The van der Waals surface area contributed by atoms with Gasteiger partial charge in [-0.2, -0.15) is 0 Å². The van der Waals surface area contributed by atoms with Gasteiger partial charge in [-0.05, 0) is 30.1 Å². The van der Waals surface area contributed by atoms with E-state index in [2.05, 4.69) is 4.99 Å². The van der Waals surface area contributed by atoms with Gasteiger partial charge in [0.05, 0.1) is 12.0 Å². The number of methoxy groups -OCH3 is 1. The zero-order valence-electron chi connectivity index (χ0n) is 16.1. The lowest BCUT2D eigenvalue weighted by Gasteiger charge is -2.39. The molecule has 1 heterocycles. The van der Waals surface area contributed by atoms with Gasteiger partial charge in [0.25, 0.3) is 5.69 Å². The third kappa shape index (κ3) is 3.30. The number of carbonyl (C=O) groups excluding carboxylic acids is 2. The first-order chi connectivity index (χ1) is 13.1. The maximum absolute atomic E-state index is 13.0.